The van der Waals surface area contributed by atoms with Crippen LogP contribution in [-0.4, -0.2) is 63.6 Å². The van der Waals surface area contributed by atoms with E-state index in [1.807, 2.05) is 19.0 Å². The second-order valence-electron chi connectivity index (χ2n) is 5.07. The van der Waals surface area contributed by atoms with Gasteiger partial charge in [0, 0.05) is 25.7 Å². The van der Waals surface area contributed by atoms with Crippen molar-refractivity contribution in [3.63, 3.8) is 0 Å². The summed E-state index contributed by atoms with van der Waals surface area (Å²) in [4.78, 5) is 2.19. The maximum Gasteiger partial charge on any atom is 0.243 e. The minimum Gasteiger partial charge on any atom is -0.384 e. The van der Waals surface area contributed by atoms with Crippen LogP contribution in [0.2, 0.25) is 0 Å². The molecular formula is C15H22N2O3S. The third kappa shape index (κ3) is 4.83. The van der Waals surface area contributed by atoms with E-state index in [0.717, 1.165) is 0 Å². The average molecular weight is 310 g/mol. The van der Waals surface area contributed by atoms with E-state index in [1.54, 1.807) is 32.2 Å². The van der Waals surface area contributed by atoms with E-state index in [2.05, 4.69) is 11.8 Å². The van der Waals surface area contributed by atoms with Crippen molar-refractivity contribution in [2.75, 3.05) is 40.8 Å². The fraction of sp³-hybridized carbons (Fsp3) is 0.467. The zero-order valence-electron chi connectivity index (χ0n) is 12.9. The summed E-state index contributed by atoms with van der Waals surface area (Å²) in [5, 5.41) is 8.72. The molecule has 0 saturated carbocycles. The van der Waals surface area contributed by atoms with Gasteiger partial charge in [-0.15, -0.1) is 0 Å². The van der Waals surface area contributed by atoms with Crippen molar-refractivity contribution >= 4 is 10.0 Å². The summed E-state index contributed by atoms with van der Waals surface area (Å²) in [6, 6.07) is 5.03. The minimum atomic E-state index is -3.54. The minimum absolute atomic E-state index is 0.251. The molecule has 0 amide bonds. The first-order valence-electron chi connectivity index (χ1n) is 6.60. The van der Waals surface area contributed by atoms with Gasteiger partial charge in [0.2, 0.25) is 10.0 Å². The van der Waals surface area contributed by atoms with E-state index >= 15 is 0 Å². The molecule has 1 rings (SSSR count). The Balaban J connectivity index is 3.12. The molecule has 0 spiro atoms. The Morgan fingerprint density at radius 3 is 2.43 bits per heavy atom. The lowest BCUT2D eigenvalue weighted by molar-refractivity contribution is 0.350. The zero-order chi connectivity index (χ0) is 16.0. The Morgan fingerprint density at radius 1 is 1.19 bits per heavy atom. The van der Waals surface area contributed by atoms with Gasteiger partial charge in [0.05, 0.1) is 4.90 Å². The first kappa shape index (κ1) is 17.7. The molecule has 0 aromatic heterocycles. The molecule has 0 radical (unpaired) electrons. The van der Waals surface area contributed by atoms with E-state index in [0.29, 0.717) is 24.2 Å². The topological polar surface area (TPSA) is 60.9 Å². The monoisotopic (exact) mass is 310 g/mol. The van der Waals surface area contributed by atoms with Crippen molar-refractivity contribution in [3.8, 4) is 11.8 Å². The molecule has 0 atom stereocenters. The molecule has 0 unspecified atom stereocenters. The van der Waals surface area contributed by atoms with Crippen LogP contribution in [0.25, 0.3) is 0 Å². The lowest BCUT2D eigenvalue weighted by Crippen LogP contribution is -2.33. The van der Waals surface area contributed by atoms with E-state index in [9.17, 15) is 8.42 Å². The van der Waals surface area contributed by atoms with Crippen molar-refractivity contribution in [1.29, 1.82) is 0 Å². The summed E-state index contributed by atoms with van der Waals surface area (Å²) in [6.45, 7) is 2.58. The summed E-state index contributed by atoms with van der Waals surface area (Å²) in [5.41, 5.74) is 1.26. The second-order valence-corrected chi connectivity index (χ2v) is 7.08. The van der Waals surface area contributed by atoms with Gasteiger partial charge in [-0.3, -0.25) is 0 Å². The molecule has 0 bridgehead atoms. The number of likely N-dealkylation sites (N-methyl/N-ethyl adjacent to an activating group) is 2. The molecule has 1 N–H and O–H groups in total. The van der Waals surface area contributed by atoms with Crippen LogP contribution in [0.15, 0.2) is 23.1 Å². The van der Waals surface area contributed by atoms with Gasteiger partial charge in [-0.2, -0.15) is 4.31 Å². The highest BCUT2D eigenvalue weighted by molar-refractivity contribution is 7.89. The van der Waals surface area contributed by atoms with E-state index in [-0.39, 0.29) is 11.5 Å². The van der Waals surface area contributed by atoms with Crippen molar-refractivity contribution in [2.45, 2.75) is 11.8 Å². The molecule has 1 aromatic rings. The number of nitrogens with zero attached hydrogens (tertiary/aromatic N) is 2. The number of hydrogen-bond donors (Lipinski definition) is 1. The number of rotatable bonds is 5. The first-order chi connectivity index (χ1) is 9.78. The number of hydrogen-bond acceptors (Lipinski definition) is 4. The molecule has 21 heavy (non-hydrogen) atoms. The summed E-state index contributed by atoms with van der Waals surface area (Å²) >= 11 is 0. The van der Waals surface area contributed by atoms with Crippen molar-refractivity contribution in [2.24, 2.45) is 0 Å². The molecule has 0 fully saturated rings. The Morgan fingerprint density at radius 2 is 1.86 bits per heavy atom. The number of sulfonamides is 1. The summed E-state index contributed by atoms with van der Waals surface area (Å²) in [5.74, 6) is 5.25. The van der Waals surface area contributed by atoms with E-state index < -0.39 is 10.0 Å². The highest BCUT2D eigenvalue weighted by Crippen LogP contribution is 2.20. The molecule has 5 nitrogen and oxygen atoms in total. The Bertz CT molecular complexity index is 643. The maximum atomic E-state index is 12.6. The third-order valence-electron chi connectivity index (χ3n) is 3.05. The Hall–Kier alpha value is -1.39. The van der Waals surface area contributed by atoms with Gasteiger partial charge in [-0.05, 0) is 38.7 Å². The molecule has 0 saturated heterocycles. The molecule has 0 aliphatic carbocycles. The maximum absolute atomic E-state index is 12.6. The van der Waals surface area contributed by atoms with Crippen LogP contribution >= 0.6 is 0 Å². The van der Waals surface area contributed by atoms with Crippen LogP contribution in [0.3, 0.4) is 0 Å². The lowest BCUT2D eigenvalue weighted by atomic mass is 10.1. The second kappa shape index (κ2) is 7.57. The molecule has 6 heteroatoms. The highest BCUT2D eigenvalue weighted by atomic mass is 32.2. The predicted molar refractivity (Wildman–Crippen MR) is 83.5 cm³/mol. The molecule has 0 aliphatic rings. The number of benzene rings is 1. The highest BCUT2D eigenvalue weighted by Gasteiger charge is 2.22. The third-order valence-corrected chi connectivity index (χ3v) is 5.05. The van der Waals surface area contributed by atoms with Crippen LogP contribution in [0.5, 0.6) is 0 Å². The smallest absolute Gasteiger partial charge is 0.243 e. The lowest BCUT2D eigenvalue weighted by Gasteiger charge is -2.20. The standard InChI is InChI=1S/C15H22N2O3S/c1-13-7-8-14(6-5-11-18)12-15(13)21(19,20)17(4)10-9-16(2)3/h7-8,12,18H,9-11H2,1-4H3. The van der Waals surface area contributed by atoms with Gasteiger partial charge in [0.1, 0.15) is 6.61 Å². The largest absolute Gasteiger partial charge is 0.384 e. The van der Waals surface area contributed by atoms with Gasteiger partial charge in [0.15, 0.2) is 0 Å². The van der Waals surface area contributed by atoms with Gasteiger partial charge in [-0.1, -0.05) is 17.9 Å². The van der Waals surface area contributed by atoms with Crippen LogP contribution in [0, 0.1) is 18.8 Å². The average Bonchev–Trinajstić information content (AvgIpc) is 2.43. The van der Waals surface area contributed by atoms with Crippen molar-refractivity contribution in [1.82, 2.24) is 9.21 Å². The van der Waals surface area contributed by atoms with E-state index in [1.165, 1.54) is 4.31 Å². The van der Waals surface area contributed by atoms with Crippen molar-refractivity contribution < 1.29 is 13.5 Å². The van der Waals surface area contributed by atoms with Gasteiger partial charge in [-0.25, -0.2) is 8.42 Å². The molecule has 0 heterocycles. The van der Waals surface area contributed by atoms with Crippen LogP contribution in [0.1, 0.15) is 11.1 Å². The fourth-order valence-corrected chi connectivity index (χ4v) is 3.13. The summed E-state index contributed by atoms with van der Waals surface area (Å²) < 4.78 is 26.5. The molecule has 116 valence electrons. The summed E-state index contributed by atoms with van der Waals surface area (Å²) in [6.07, 6.45) is 0. The molecule has 1 aromatic carbocycles. The zero-order valence-corrected chi connectivity index (χ0v) is 13.7. The van der Waals surface area contributed by atoms with Crippen molar-refractivity contribution in [3.05, 3.63) is 29.3 Å². The van der Waals surface area contributed by atoms with Crippen LogP contribution < -0.4 is 0 Å². The number of aliphatic hydroxyl groups excluding tert-OH is 1. The van der Waals surface area contributed by atoms with Crippen LogP contribution in [-0.2, 0) is 10.0 Å². The first-order valence-corrected chi connectivity index (χ1v) is 8.04. The van der Waals surface area contributed by atoms with Gasteiger partial charge >= 0.3 is 0 Å². The molecule has 0 aliphatic heterocycles. The predicted octanol–water partition coefficient (Wildman–Crippen LogP) is 0.521. The molecular weight excluding hydrogens is 288 g/mol. The Kier molecular flexibility index (Phi) is 6.37. The number of aliphatic hydroxyl groups is 1. The quantitative estimate of drug-likeness (QED) is 0.806. The fourth-order valence-electron chi connectivity index (χ4n) is 1.73. The van der Waals surface area contributed by atoms with E-state index in [4.69, 9.17) is 5.11 Å². The number of aryl methyl sites for hydroxylation is 1. The Labute approximate surface area is 127 Å². The normalized spacial score (nSPS) is 11.6. The van der Waals surface area contributed by atoms with Crippen LogP contribution in [0.4, 0.5) is 0 Å². The van der Waals surface area contributed by atoms with Gasteiger partial charge in [0.25, 0.3) is 0 Å². The van der Waals surface area contributed by atoms with Gasteiger partial charge < -0.3 is 10.0 Å². The SMILES string of the molecule is Cc1ccc(C#CCO)cc1S(=O)(=O)N(C)CCN(C)C. The summed E-state index contributed by atoms with van der Waals surface area (Å²) in [7, 11) is 1.84.